The first-order valence-electron chi connectivity index (χ1n) is 6.00. The van der Waals surface area contributed by atoms with Crippen LogP contribution in [-0.4, -0.2) is 5.91 Å². The first-order chi connectivity index (χ1) is 9.19. The lowest BCUT2D eigenvalue weighted by atomic mass is 10.1. The molecule has 0 heterocycles. The summed E-state index contributed by atoms with van der Waals surface area (Å²) in [4.78, 5) is 12.0. The molecule has 0 aromatic heterocycles. The maximum Gasteiger partial charge on any atom is 0.251 e. The Morgan fingerprint density at radius 3 is 2.58 bits per heavy atom. The van der Waals surface area contributed by atoms with Crippen LogP contribution in [0.15, 0.2) is 53.0 Å². The molecular formula is C15H15BrN2O. The number of hydrogen-bond donors (Lipinski definition) is 2. The second kappa shape index (κ2) is 6.50. The minimum atomic E-state index is -0.0877. The fraction of sp³-hybridized carbons (Fsp3) is 0.133. The van der Waals surface area contributed by atoms with Gasteiger partial charge in [0.15, 0.2) is 0 Å². The Morgan fingerprint density at radius 2 is 1.84 bits per heavy atom. The van der Waals surface area contributed by atoms with Crippen LogP contribution in [0.5, 0.6) is 0 Å². The average Bonchev–Trinajstić information content (AvgIpc) is 2.45. The van der Waals surface area contributed by atoms with Crippen LogP contribution in [0.1, 0.15) is 21.5 Å². The fourth-order valence-corrected chi connectivity index (χ4v) is 2.22. The molecular weight excluding hydrogens is 304 g/mol. The molecule has 2 rings (SSSR count). The number of amides is 1. The van der Waals surface area contributed by atoms with Gasteiger partial charge in [0.2, 0.25) is 0 Å². The van der Waals surface area contributed by atoms with Crippen molar-refractivity contribution in [1.82, 2.24) is 5.32 Å². The molecule has 3 N–H and O–H groups in total. The standard InChI is InChI=1S/C15H15BrN2O/c16-14-6-2-4-12(8-14)10-18-15(19)13-5-1-3-11(7-13)9-17/h1-8H,9-10,17H2,(H,18,19). The van der Waals surface area contributed by atoms with Gasteiger partial charge in [-0.05, 0) is 35.4 Å². The third-order valence-electron chi connectivity index (χ3n) is 2.77. The van der Waals surface area contributed by atoms with Crippen LogP contribution in [0.4, 0.5) is 0 Å². The number of rotatable bonds is 4. The molecule has 0 saturated heterocycles. The van der Waals surface area contributed by atoms with Crippen molar-refractivity contribution in [3.8, 4) is 0 Å². The minimum Gasteiger partial charge on any atom is -0.348 e. The zero-order chi connectivity index (χ0) is 13.7. The van der Waals surface area contributed by atoms with Crippen molar-refractivity contribution < 1.29 is 4.79 Å². The smallest absolute Gasteiger partial charge is 0.251 e. The Balaban J connectivity index is 2.01. The van der Waals surface area contributed by atoms with E-state index in [0.29, 0.717) is 18.7 Å². The van der Waals surface area contributed by atoms with Gasteiger partial charge >= 0.3 is 0 Å². The average molecular weight is 319 g/mol. The lowest BCUT2D eigenvalue weighted by Crippen LogP contribution is -2.22. The van der Waals surface area contributed by atoms with E-state index in [1.807, 2.05) is 42.5 Å². The second-order valence-electron chi connectivity index (χ2n) is 4.22. The van der Waals surface area contributed by atoms with E-state index in [1.54, 1.807) is 6.07 Å². The Kier molecular flexibility index (Phi) is 4.71. The summed E-state index contributed by atoms with van der Waals surface area (Å²) in [5.41, 5.74) is 8.21. The number of nitrogens with two attached hydrogens (primary N) is 1. The largest absolute Gasteiger partial charge is 0.348 e. The zero-order valence-electron chi connectivity index (χ0n) is 10.4. The van der Waals surface area contributed by atoms with Gasteiger partial charge in [-0.2, -0.15) is 0 Å². The lowest BCUT2D eigenvalue weighted by molar-refractivity contribution is 0.0951. The van der Waals surface area contributed by atoms with E-state index in [2.05, 4.69) is 21.2 Å². The van der Waals surface area contributed by atoms with Crippen LogP contribution in [-0.2, 0) is 13.1 Å². The molecule has 0 aliphatic heterocycles. The van der Waals surface area contributed by atoms with Crippen LogP contribution in [0, 0.1) is 0 Å². The summed E-state index contributed by atoms with van der Waals surface area (Å²) in [6, 6.07) is 15.2. The normalized spacial score (nSPS) is 10.2. The summed E-state index contributed by atoms with van der Waals surface area (Å²) in [5, 5.41) is 2.89. The molecule has 3 nitrogen and oxygen atoms in total. The lowest BCUT2D eigenvalue weighted by Gasteiger charge is -2.07. The van der Waals surface area contributed by atoms with Gasteiger partial charge in [0.05, 0.1) is 0 Å². The minimum absolute atomic E-state index is 0.0877. The Hall–Kier alpha value is -1.65. The van der Waals surface area contributed by atoms with Crippen LogP contribution < -0.4 is 11.1 Å². The number of benzene rings is 2. The van der Waals surface area contributed by atoms with Crippen LogP contribution in [0.3, 0.4) is 0 Å². The van der Waals surface area contributed by atoms with Gasteiger partial charge in [-0.1, -0.05) is 40.2 Å². The van der Waals surface area contributed by atoms with E-state index >= 15 is 0 Å². The van der Waals surface area contributed by atoms with Crippen LogP contribution in [0.2, 0.25) is 0 Å². The summed E-state index contributed by atoms with van der Waals surface area (Å²) in [5.74, 6) is -0.0877. The van der Waals surface area contributed by atoms with Crippen molar-refractivity contribution in [2.24, 2.45) is 5.73 Å². The van der Waals surface area contributed by atoms with Gasteiger partial charge in [-0.25, -0.2) is 0 Å². The molecule has 2 aromatic rings. The van der Waals surface area contributed by atoms with Crippen molar-refractivity contribution in [2.75, 3.05) is 0 Å². The van der Waals surface area contributed by atoms with Crippen molar-refractivity contribution >= 4 is 21.8 Å². The summed E-state index contributed by atoms with van der Waals surface area (Å²) in [6.45, 7) is 0.942. The number of carbonyl (C=O) groups excluding carboxylic acids is 1. The molecule has 0 aliphatic carbocycles. The molecule has 0 fully saturated rings. The third-order valence-corrected chi connectivity index (χ3v) is 3.26. The van der Waals surface area contributed by atoms with Crippen molar-refractivity contribution in [3.63, 3.8) is 0 Å². The summed E-state index contributed by atoms with van der Waals surface area (Å²) in [7, 11) is 0. The third kappa shape index (κ3) is 3.91. The fourth-order valence-electron chi connectivity index (χ4n) is 1.77. The van der Waals surface area contributed by atoms with Crippen LogP contribution in [0.25, 0.3) is 0 Å². The molecule has 1 amide bonds. The van der Waals surface area contributed by atoms with Crippen molar-refractivity contribution in [2.45, 2.75) is 13.1 Å². The maximum atomic E-state index is 12.0. The summed E-state index contributed by atoms with van der Waals surface area (Å²) in [6.07, 6.45) is 0. The maximum absolute atomic E-state index is 12.0. The summed E-state index contributed by atoms with van der Waals surface area (Å²) >= 11 is 3.41. The predicted molar refractivity (Wildman–Crippen MR) is 79.6 cm³/mol. The molecule has 0 atom stereocenters. The van der Waals surface area contributed by atoms with E-state index < -0.39 is 0 Å². The molecule has 0 radical (unpaired) electrons. The van der Waals surface area contributed by atoms with Gasteiger partial charge in [0.1, 0.15) is 0 Å². The van der Waals surface area contributed by atoms with E-state index in [9.17, 15) is 4.79 Å². The topological polar surface area (TPSA) is 55.1 Å². The summed E-state index contributed by atoms with van der Waals surface area (Å²) < 4.78 is 1.00. The molecule has 0 saturated carbocycles. The van der Waals surface area contributed by atoms with Crippen molar-refractivity contribution in [3.05, 3.63) is 69.7 Å². The molecule has 19 heavy (non-hydrogen) atoms. The quantitative estimate of drug-likeness (QED) is 0.910. The zero-order valence-corrected chi connectivity index (χ0v) is 12.0. The highest BCUT2D eigenvalue weighted by Gasteiger charge is 2.05. The highest BCUT2D eigenvalue weighted by atomic mass is 79.9. The first kappa shape index (κ1) is 13.8. The number of hydrogen-bond acceptors (Lipinski definition) is 2. The number of halogens is 1. The van der Waals surface area contributed by atoms with Gasteiger partial charge in [-0.15, -0.1) is 0 Å². The van der Waals surface area contributed by atoms with E-state index in [4.69, 9.17) is 5.73 Å². The van der Waals surface area contributed by atoms with Crippen LogP contribution >= 0.6 is 15.9 Å². The Morgan fingerprint density at radius 1 is 1.11 bits per heavy atom. The Bertz CT molecular complexity index is 584. The van der Waals surface area contributed by atoms with E-state index in [0.717, 1.165) is 15.6 Å². The first-order valence-corrected chi connectivity index (χ1v) is 6.80. The van der Waals surface area contributed by atoms with E-state index in [-0.39, 0.29) is 5.91 Å². The molecule has 98 valence electrons. The highest BCUT2D eigenvalue weighted by molar-refractivity contribution is 9.10. The number of nitrogens with one attached hydrogen (secondary N) is 1. The number of carbonyl (C=O) groups is 1. The van der Waals surface area contributed by atoms with Gasteiger partial charge in [-0.3, -0.25) is 4.79 Å². The van der Waals surface area contributed by atoms with E-state index in [1.165, 1.54) is 0 Å². The molecule has 0 unspecified atom stereocenters. The van der Waals surface area contributed by atoms with Crippen molar-refractivity contribution in [1.29, 1.82) is 0 Å². The van der Waals surface area contributed by atoms with Gasteiger partial charge in [0.25, 0.3) is 5.91 Å². The Labute approximate surface area is 121 Å². The van der Waals surface area contributed by atoms with Gasteiger partial charge in [0, 0.05) is 23.1 Å². The predicted octanol–water partition coefficient (Wildman–Crippen LogP) is 2.84. The van der Waals surface area contributed by atoms with Gasteiger partial charge < -0.3 is 11.1 Å². The molecule has 2 aromatic carbocycles. The molecule has 0 aliphatic rings. The molecule has 4 heteroatoms. The second-order valence-corrected chi connectivity index (χ2v) is 5.13. The highest BCUT2D eigenvalue weighted by Crippen LogP contribution is 2.11. The SMILES string of the molecule is NCc1cccc(C(=O)NCc2cccc(Br)c2)c1. The molecule has 0 bridgehead atoms. The molecule has 0 spiro atoms. The monoisotopic (exact) mass is 318 g/mol.